The second-order valence-corrected chi connectivity index (χ2v) is 9.23. The van der Waals surface area contributed by atoms with Crippen LogP contribution in [-0.4, -0.2) is 68.7 Å². The first-order valence-electron chi connectivity index (χ1n) is 11.0. The van der Waals surface area contributed by atoms with E-state index >= 15 is 0 Å². The lowest BCUT2D eigenvalue weighted by atomic mass is 10.2. The second kappa shape index (κ2) is 11.9. The molecule has 1 saturated heterocycles. The molecule has 1 aliphatic heterocycles. The van der Waals surface area contributed by atoms with Gasteiger partial charge in [-0.2, -0.15) is 0 Å². The van der Waals surface area contributed by atoms with Gasteiger partial charge in [-0.1, -0.05) is 12.1 Å². The average Bonchev–Trinajstić information content (AvgIpc) is 3.17. The van der Waals surface area contributed by atoms with Crippen molar-refractivity contribution in [1.82, 2.24) is 20.5 Å². The fourth-order valence-corrected chi connectivity index (χ4v) is 4.53. The van der Waals surface area contributed by atoms with Gasteiger partial charge in [0, 0.05) is 69.5 Å². The number of nitrogens with zero attached hydrogens (tertiary/aromatic N) is 4. The Kier molecular flexibility index (Phi) is 8.96. The first-order chi connectivity index (χ1) is 14.6. The van der Waals surface area contributed by atoms with Crippen LogP contribution in [-0.2, 0) is 6.42 Å². The molecule has 0 unspecified atom stereocenters. The fourth-order valence-electron chi connectivity index (χ4n) is 3.75. The van der Waals surface area contributed by atoms with Crippen molar-refractivity contribution in [1.29, 1.82) is 0 Å². The largest absolute Gasteiger partial charge is 0.369 e. The Morgan fingerprint density at radius 2 is 1.90 bits per heavy atom. The van der Waals surface area contributed by atoms with E-state index < -0.39 is 0 Å². The van der Waals surface area contributed by atoms with Crippen LogP contribution in [0.5, 0.6) is 0 Å². The lowest BCUT2D eigenvalue weighted by Crippen LogP contribution is -2.46. The molecule has 0 spiro atoms. The van der Waals surface area contributed by atoms with Crippen molar-refractivity contribution in [2.45, 2.75) is 33.1 Å². The zero-order valence-electron chi connectivity index (χ0n) is 18.7. The fraction of sp³-hybridized carbons (Fsp3) is 0.565. The highest BCUT2D eigenvalue weighted by molar-refractivity contribution is 7.11. The van der Waals surface area contributed by atoms with Gasteiger partial charge < -0.3 is 15.5 Å². The van der Waals surface area contributed by atoms with E-state index in [1.54, 1.807) is 11.3 Å². The molecule has 0 radical (unpaired) electrons. The summed E-state index contributed by atoms with van der Waals surface area (Å²) < 4.78 is 0. The molecule has 30 heavy (non-hydrogen) atoms. The number of aliphatic imine (C=N–C) groups is 1. The number of nitrogens with one attached hydrogen (secondary N) is 2. The van der Waals surface area contributed by atoms with E-state index in [1.807, 2.05) is 13.2 Å². The molecule has 0 atom stereocenters. The van der Waals surface area contributed by atoms with E-state index in [-0.39, 0.29) is 0 Å². The maximum Gasteiger partial charge on any atom is 0.190 e. The standard InChI is InChI=1S/C23H36N6S/c1-19-7-6-8-21(17-19)29-15-13-28(14-16-29)12-5-4-10-25-23(24-3)26-11-9-22-27-18-20(2)30-22/h6-8,17-18H,4-5,9-16H2,1-3H3,(H2,24,25,26). The summed E-state index contributed by atoms with van der Waals surface area (Å²) in [5, 5.41) is 7.99. The molecule has 0 amide bonds. The van der Waals surface area contributed by atoms with Crippen LogP contribution in [0, 0.1) is 13.8 Å². The molecule has 164 valence electrons. The molecule has 1 aromatic heterocycles. The molecule has 1 aliphatic rings. The van der Waals surface area contributed by atoms with Crippen molar-refractivity contribution < 1.29 is 0 Å². The third-order valence-electron chi connectivity index (χ3n) is 5.46. The molecular weight excluding hydrogens is 392 g/mol. The smallest absolute Gasteiger partial charge is 0.190 e. The number of benzene rings is 1. The van der Waals surface area contributed by atoms with Crippen molar-refractivity contribution in [3.63, 3.8) is 0 Å². The van der Waals surface area contributed by atoms with Crippen LogP contribution in [0.4, 0.5) is 5.69 Å². The number of thiazole rings is 1. The molecule has 2 aromatic rings. The molecule has 0 bridgehead atoms. The van der Waals surface area contributed by atoms with E-state index in [2.05, 4.69) is 68.5 Å². The van der Waals surface area contributed by atoms with Gasteiger partial charge in [0.1, 0.15) is 0 Å². The minimum atomic E-state index is 0.859. The van der Waals surface area contributed by atoms with Crippen LogP contribution in [0.15, 0.2) is 35.5 Å². The van der Waals surface area contributed by atoms with Gasteiger partial charge in [-0.3, -0.25) is 9.89 Å². The van der Waals surface area contributed by atoms with Crippen LogP contribution in [0.1, 0.15) is 28.3 Å². The number of aryl methyl sites for hydroxylation is 2. The predicted molar refractivity (Wildman–Crippen MR) is 129 cm³/mol. The van der Waals surface area contributed by atoms with Crippen molar-refractivity contribution in [2.75, 3.05) is 57.8 Å². The number of aromatic nitrogens is 1. The van der Waals surface area contributed by atoms with Gasteiger partial charge in [0.15, 0.2) is 5.96 Å². The summed E-state index contributed by atoms with van der Waals surface area (Å²) in [7, 11) is 1.83. The Morgan fingerprint density at radius 3 is 2.60 bits per heavy atom. The molecule has 1 fully saturated rings. The third kappa shape index (κ3) is 7.29. The van der Waals surface area contributed by atoms with Gasteiger partial charge in [0.05, 0.1) is 5.01 Å². The maximum atomic E-state index is 4.41. The number of hydrogen-bond donors (Lipinski definition) is 2. The summed E-state index contributed by atoms with van der Waals surface area (Å²) in [6.45, 7) is 11.8. The number of anilines is 1. The van der Waals surface area contributed by atoms with Gasteiger partial charge in [-0.15, -0.1) is 11.3 Å². The van der Waals surface area contributed by atoms with E-state index in [0.29, 0.717) is 0 Å². The number of unbranched alkanes of at least 4 members (excludes halogenated alkanes) is 1. The molecule has 2 N–H and O–H groups in total. The molecule has 2 heterocycles. The maximum absolute atomic E-state index is 4.41. The minimum absolute atomic E-state index is 0.859. The highest BCUT2D eigenvalue weighted by Crippen LogP contribution is 2.18. The van der Waals surface area contributed by atoms with Crippen LogP contribution < -0.4 is 15.5 Å². The first-order valence-corrected chi connectivity index (χ1v) is 11.9. The predicted octanol–water partition coefficient (Wildman–Crippen LogP) is 3.07. The van der Waals surface area contributed by atoms with Crippen LogP contribution >= 0.6 is 11.3 Å². The zero-order valence-corrected chi connectivity index (χ0v) is 19.5. The molecule has 0 aliphatic carbocycles. The van der Waals surface area contributed by atoms with Crippen molar-refractivity contribution in [2.24, 2.45) is 4.99 Å². The van der Waals surface area contributed by atoms with Gasteiger partial charge in [0.2, 0.25) is 0 Å². The number of rotatable bonds is 9. The van der Waals surface area contributed by atoms with Crippen molar-refractivity contribution >= 4 is 23.0 Å². The quantitative estimate of drug-likeness (QED) is 0.365. The second-order valence-electron chi connectivity index (χ2n) is 7.92. The Balaban J connectivity index is 1.24. The highest BCUT2D eigenvalue weighted by Gasteiger charge is 2.16. The monoisotopic (exact) mass is 428 g/mol. The van der Waals surface area contributed by atoms with E-state index in [4.69, 9.17) is 0 Å². The van der Waals surface area contributed by atoms with Crippen LogP contribution in [0.25, 0.3) is 0 Å². The number of guanidine groups is 1. The lowest BCUT2D eigenvalue weighted by Gasteiger charge is -2.36. The normalized spacial score (nSPS) is 15.4. The zero-order chi connectivity index (χ0) is 21.2. The average molecular weight is 429 g/mol. The third-order valence-corrected chi connectivity index (χ3v) is 6.43. The topological polar surface area (TPSA) is 55.8 Å². The van der Waals surface area contributed by atoms with E-state index in [1.165, 1.54) is 34.1 Å². The Labute approximate surface area is 185 Å². The molecule has 6 nitrogen and oxygen atoms in total. The summed E-state index contributed by atoms with van der Waals surface area (Å²) in [5.41, 5.74) is 2.70. The van der Waals surface area contributed by atoms with Gasteiger partial charge >= 0.3 is 0 Å². The Morgan fingerprint density at radius 1 is 1.10 bits per heavy atom. The van der Waals surface area contributed by atoms with Crippen molar-refractivity contribution in [3.8, 4) is 0 Å². The summed E-state index contributed by atoms with van der Waals surface area (Å²) >= 11 is 1.77. The SMILES string of the molecule is CN=C(NCCCCN1CCN(c2cccc(C)c2)CC1)NCCc1ncc(C)s1. The summed E-state index contributed by atoms with van der Waals surface area (Å²) in [6, 6.07) is 8.85. The lowest BCUT2D eigenvalue weighted by molar-refractivity contribution is 0.253. The summed E-state index contributed by atoms with van der Waals surface area (Å²) in [5.74, 6) is 0.884. The highest BCUT2D eigenvalue weighted by atomic mass is 32.1. The summed E-state index contributed by atoms with van der Waals surface area (Å²) in [6.07, 6.45) is 5.25. The van der Waals surface area contributed by atoms with Gasteiger partial charge in [-0.05, 0) is 50.9 Å². The van der Waals surface area contributed by atoms with E-state index in [9.17, 15) is 0 Å². The molecule has 7 heteroatoms. The molecule has 0 saturated carbocycles. The molecular formula is C23H36N6S. The summed E-state index contributed by atoms with van der Waals surface area (Å²) in [4.78, 5) is 15.1. The van der Waals surface area contributed by atoms with Crippen LogP contribution in [0.2, 0.25) is 0 Å². The Bertz CT molecular complexity index is 794. The van der Waals surface area contributed by atoms with Crippen LogP contribution in [0.3, 0.4) is 0 Å². The van der Waals surface area contributed by atoms with Crippen molar-refractivity contribution in [3.05, 3.63) is 45.9 Å². The number of hydrogen-bond acceptors (Lipinski definition) is 5. The molecule has 3 rings (SSSR count). The Hall–Kier alpha value is -2.12. The minimum Gasteiger partial charge on any atom is -0.369 e. The van der Waals surface area contributed by atoms with E-state index in [0.717, 1.165) is 58.1 Å². The molecule has 1 aromatic carbocycles. The van der Waals surface area contributed by atoms with Gasteiger partial charge in [0.25, 0.3) is 0 Å². The first kappa shape index (κ1) is 22.6. The van der Waals surface area contributed by atoms with Gasteiger partial charge in [-0.25, -0.2) is 4.98 Å². The number of piperazine rings is 1.